The summed E-state index contributed by atoms with van der Waals surface area (Å²) >= 11 is 0. The van der Waals surface area contributed by atoms with Crippen molar-refractivity contribution >= 4 is 12.2 Å². The van der Waals surface area contributed by atoms with Crippen LogP contribution in [0.25, 0.3) is 11.1 Å². The minimum absolute atomic E-state index is 0.00563. The van der Waals surface area contributed by atoms with Crippen LogP contribution in [-0.4, -0.2) is 46.3 Å². The number of unbranched alkanes of at least 4 members (excludes halogenated alkanes) is 1. The Morgan fingerprint density at radius 2 is 1.82 bits per heavy atom. The first-order chi connectivity index (χ1) is 19.1. The summed E-state index contributed by atoms with van der Waals surface area (Å²) in [6.07, 6.45) is 4.03. The Hall–Kier alpha value is -4.52. The monoisotopic (exact) mass is 558 g/mol. The van der Waals surface area contributed by atoms with Crippen molar-refractivity contribution in [2.45, 2.75) is 38.4 Å². The minimum Gasteiger partial charge on any atom is -0.402 e. The Labute approximate surface area is 230 Å². The second-order valence-electron chi connectivity index (χ2n) is 8.65. The van der Waals surface area contributed by atoms with E-state index in [0.717, 1.165) is 18.9 Å². The molecule has 3 rings (SSSR count). The third kappa shape index (κ3) is 10.7. The Kier molecular flexibility index (Phi) is 12.5. The Bertz CT molecular complexity index is 1320. The van der Waals surface area contributed by atoms with Crippen LogP contribution in [0.3, 0.4) is 0 Å². The van der Waals surface area contributed by atoms with Gasteiger partial charge in [-0.15, -0.1) is 5.10 Å². The number of benzene rings is 1. The van der Waals surface area contributed by atoms with Gasteiger partial charge in [0.15, 0.2) is 6.29 Å². The predicted octanol–water partition coefficient (Wildman–Crippen LogP) is 3.18. The molecular weight excluding hydrogens is 525 g/mol. The van der Waals surface area contributed by atoms with Gasteiger partial charge in [0.05, 0.1) is 23.9 Å². The second kappa shape index (κ2) is 15.8. The zero-order valence-corrected chi connectivity index (χ0v) is 22.3. The number of rotatable bonds is 11. The van der Waals surface area contributed by atoms with E-state index in [2.05, 4.69) is 25.9 Å². The molecule has 1 aromatic carbocycles. The number of alkyl halides is 3. The van der Waals surface area contributed by atoms with Gasteiger partial charge < -0.3 is 22.1 Å². The van der Waals surface area contributed by atoms with Crippen LogP contribution in [0.5, 0.6) is 0 Å². The fourth-order valence-electron chi connectivity index (χ4n) is 3.50. The number of hydrogen-bond donors (Lipinski definition) is 4. The van der Waals surface area contributed by atoms with E-state index in [9.17, 15) is 22.8 Å². The first kappa shape index (κ1) is 31.7. The average Bonchev–Trinajstić information content (AvgIpc) is 3.38. The number of hydrogen-bond acceptors (Lipinski definition) is 8. The van der Waals surface area contributed by atoms with Gasteiger partial charge in [0.25, 0.3) is 0 Å². The highest BCUT2D eigenvalue weighted by Gasteiger charge is 2.33. The molecule has 13 heteroatoms. The fraction of sp³-hybridized carbons (Fsp3) is 0.296. The van der Waals surface area contributed by atoms with Crippen molar-refractivity contribution in [2.24, 2.45) is 11.5 Å². The van der Waals surface area contributed by atoms with Gasteiger partial charge in [-0.1, -0.05) is 23.4 Å². The van der Waals surface area contributed by atoms with E-state index in [1.54, 1.807) is 17.0 Å². The standard InChI is InChI=1S/C25H26F3N7O2.C2H7N/c26-25(27,28)22-7-2-1-6-21(22)17-10-11-31-19(13-17)14-24(37)32-23(30)9-8-18(29)5-3-4-12-35-15-20(16-36)33-34-35;1-3-2/h1-2,6-11,13,15-16H,3-5,12,14,29-30H2,(H,32,37);3H,1-2H3/b18-8-,23-9+;. The molecule has 0 unspecified atom stereocenters. The van der Waals surface area contributed by atoms with E-state index in [1.165, 1.54) is 42.6 Å². The van der Waals surface area contributed by atoms with Crippen molar-refractivity contribution in [2.75, 3.05) is 14.1 Å². The smallest absolute Gasteiger partial charge is 0.402 e. The van der Waals surface area contributed by atoms with Gasteiger partial charge in [0.1, 0.15) is 11.5 Å². The third-order valence-corrected chi connectivity index (χ3v) is 5.24. The number of aromatic nitrogens is 4. The van der Waals surface area contributed by atoms with Crippen molar-refractivity contribution < 1.29 is 22.8 Å². The largest absolute Gasteiger partial charge is 0.417 e. The number of pyridine rings is 1. The molecule has 40 heavy (non-hydrogen) atoms. The van der Waals surface area contributed by atoms with Crippen molar-refractivity contribution in [3.05, 3.63) is 89.4 Å². The number of halogens is 3. The van der Waals surface area contributed by atoms with Gasteiger partial charge >= 0.3 is 6.18 Å². The number of allylic oxidation sites excluding steroid dienone is 3. The van der Waals surface area contributed by atoms with Crippen LogP contribution in [0, 0.1) is 0 Å². The van der Waals surface area contributed by atoms with E-state index in [-0.39, 0.29) is 23.5 Å². The molecule has 0 atom stereocenters. The molecule has 214 valence electrons. The molecule has 0 spiro atoms. The van der Waals surface area contributed by atoms with Crippen LogP contribution in [-0.2, 0) is 23.9 Å². The molecule has 0 saturated heterocycles. The van der Waals surface area contributed by atoms with Gasteiger partial charge in [0, 0.05) is 18.4 Å². The average molecular weight is 559 g/mol. The molecule has 0 aliphatic carbocycles. The number of nitrogens with one attached hydrogen (secondary N) is 2. The molecule has 3 aromatic rings. The summed E-state index contributed by atoms with van der Waals surface area (Å²) in [5.41, 5.74) is 12.5. The summed E-state index contributed by atoms with van der Waals surface area (Å²) in [7, 11) is 3.75. The number of carbonyl (C=O) groups excluding carboxylic acids is 2. The van der Waals surface area contributed by atoms with E-state index >= 15 is 0 Å². The Morgan fingerprint density at radius 1 is 1.10 bits per heavy atom. The fourth-order valence-corrected chi connectivity index (χ4v) is 3.50. The Morgan fingerprint density at radius 3 is 2.50 bits per heavy atom. The van der Waals surface area contributed by atoms with Gasteiger partial charge in [-0.25, -0.2) is 0 Å². The topological polar surface area (TPSA) is 154 Å². The number of aldehydes is 1. The van der Waals surface area contributed by atoms with Crippen LogP contribution in [0.1, 0.15) is 41.0 Å². The summed E-state index contributed by atoms with van der Waals surface area (Å²) in [4.78, 5) is 27.1. The molecule has 0 saturated carbocycles. The minimum atomic E-state index is -4.51. The van der Waals surface area contributed by atoms with E-state index < -0.39 is 17.6 Å². The third-order valence-electron chi connectivity index (χ3n) is 5.24. The summed E-state index contributed by atoms with van der Waals surface area (Å²) in [6, 6.07) is 8.13. The van der Waals surface area contributed by atoms with Gasteiger partial charge in [-0.3, -0.25) is 19.3 Å². The van der Waals surface area contributed by atoms with Crippen molar-refractivity contribution in [1.82, 2.24) is 30.6 Å². The second-order valence-corrected chi connectivity index (χ2v) is 8.65. The van der Waals surface area contributed by atoms with Gasteiger partial charge in [-0.2, -0.15) is 13.2 Å². The summed E-state index contributed by atoms with van der Waals surface area (Å²) in [5.74, 6) is -0.410. The van der Waals surface area contributed by atoms with E-state index in [0.29, 0.717) is 36.2 Å². The van der Waals surface area contributed by atoms with Crippen molar-refractivity contribution in [3.8, 4) is 11.1 Å². The highest BCUT2D eigenvalue weighted by Crippen LogP contribution is 2.36. The maximum atomic E-state index is 13.4. The predicted molar refractivity (Wildman–Crippen MR) is 145 cm³/mol. The molecule has 0 aliphatic rings. The number of nitrogens with two attached hydrogens (primary N) is 2. The number of amides is 1. The molecule has 2 aromatic heterocycles. The lowest BCUT2D eigenvalue weighted by Gasteiger charge is -2.13. The van der Waals surface area contributed by atoms with Crippen LogP contribution >= 0.6 is 0 Å². The van der Waals surface area contributed by atoms with Crippen LogP contribution in [0.15, 0.2) is 72.5 Å². The summed E-state index contributed by atoms with van der Waals surface area (Å²) in [6.45, 7) is 0.596. The SMILES string of the molecule is CNC.N/C(=C\C=C(/N)NC(=O)Cc1cc(-c2ccccc2C(F)(F)F)ccn1)CCCCn1cc(C=O)nn1. The van der Waals surface area contributed by atoms with Crippen LogP contribution in [0.4, 0.5) is 13.2 Å². The van der Waals surface area contributed by atoms with E-state index in [4.69, 9.17) is 11.5 Å². The first-order valence-electron chi connectivity index (χ1n) is 12.3. The highest BCUT2D eigenvalue weighted by molar-refractivity contribution is 5.80. The number of aryl methyl sites for hydroxylation is 1. The summed E-state index contributed by atoms with van der Waals surface area (Å²) < 4.78 is 41.7. The lowest BCUT2D eigenvalue weighted by atomic mass is 9.99. The molecule has 0 bridgehead atoms. The van der Waals surface area contributed by atoms with Gasteiger partial charge in [-0.05, 0) is 74.8 Å². The molecule has 0 radical (unpaired) electrons. The first-order valence-corrected chi connectivity index (χ1v) is 12.3. The zero-order chi connectivity index (χ0) is 29.5. The van der Waals surface area contributed by atoms with Crippen LogP contribution < -0.4 is 22.1 Å². The normalized spacial score (nSPS) is 11.9. The quantitative estimate of drug-likeness (QED) is 0.159. The maximum absolute atomic E-state index is 13.4. The molecular formula is C27H33F3N8O2. The molecule has 6 N–H and O–H groups in total. The lowest BCUT2D eigenvalue weighted by molar-refractivity contribution is -0.137. The van der Waals surface area contributed by atoms with Gasteiger partial charge in [0.2, 0.25) is 5.91 Å². The maximum Gasteiger partial charge on any atom is 0.417 e. The molecule has 10 nitrogen and oxygen atoms in total. The van der Waals surface area contributed by atoms with Crippen LogP contribution in [0.2, 0.25) is 0 Å². The van der Waals surface area contributed by atoms with Crippen molar-refractivity contribution in [3.63, 3.8) is 0 Å². The zero-order valence-electron chi connectivity index (χ0n) is 22.3. The lowest BCUT2D eigenvalue weighted by Crippen LogP contribution is -2.29. The van der Waals surface area contributed by atoms with E-state index in [1.807, 2.05) is 14.1 Å². The van der Waals surface area contributed by atoms with Crippen molar-refractivity contribution in [1.29, 1.82) is 0 Å². The number of carbonyl (C=O) groups is 2. The molecule has 0 fully saturated rings. The molecule has 0 aliphatic heterocycles. The summed E-state index contributed by atoms with van der Waals surface area (Å²) in [5, 5.41) is 12.8. The molecule has 1 amide bonds. The molecule has 2 heterocycles. The highest BCUT2D eigenvalue weighted by atomic mass is 19.4. The Balaban J connectivity index is 0.00000178. The number of nitrogens with zero attached hydrogens (tertiary/aromatic N) is 4.